The molecule has 0 aliphatic rings. The lowest BCUT2D eigenvalue weighted by Gasteiger charge is -2.17. The molecule has 1 aromatic heterocycles. The van der Waals surface area contributed by atoms with E-state index in [0.29, 0.717) is 5.69 Å². The van der Waals surface area contributed by atoms with E-state index < -0.39 is 23.4 Å². The lowest BCUT2D eigenvalue weighted by molar-refractivity contribution is -0.569. The van der Waals surface area contributed by atoms with E-state index in [9.17, 15) is 14.7 Å². The van der Waals surface area contributed by atoms with Crippen LogP contribution in [-0.4, -0.2) is 26.2 Å². The predicted molar refractivity (Wildman–Crippen MR) is 122 cm³/mol. The molecule has 0 spiro atoms. The average molecular weight is 439 g/mol. The lowest BCUT2D eigenvalue weighted by atomic mass is 9.93. The van der Waals surface area contributed by atoms with Gasteiger partial charge in [-0.1, -0.05) is 66.7 Å². The van der Waals surface area contributed by atoms with Crippen LogP contribution in [0, 0.1) is 0 Å². The van der Waals surface area contributed by atoms with Gasteiger partial charge in [-0.2, -0.15) is 4.57 Å². The molecule has 0 aliphatic heterocycles. The van der Waals surface area contributed by atoms with E-state index in [2.05, 4.69) is 4.74 Å². The van der Waals surface area contributed by atoms with Crippen molar-refractivity contribution in [3.05, 3.63) is 96.9 Å². The highest BCUT2D eigenvalue weighted by atomic mass is 16.5. The Morgan fingerprint density at radius 1 is 0.727 bits per heavy atom. The second-order valence-corrected chi connectivity index (χ2v) is 7.20. The van der Waals surface area contributed by atoms with Crippen molar-refractivity contribution in [2.75, 3.05) is 14.2 Å². The highest BCUT2D eigenvalue weighted by molar-refractivity contribution is 6.13. The number of hydrogen-bond acceptors (Lipinski definition) is 5. The van der Waals surface area contributed by atoms with Crippen LogP contribution in [0.1, 0.15) is 0 Å². The summed E-state index contributed by atoms with van der Waals surface area (Å²) in [5, 5.41) is 14.7. The van der Waals surface area contributed by atoms with Crippen molar-refractivity contribution in [3.8, 4) is 22.4 Å². The highest BCUT2D eigenvalue weighted by Crippen LogP contribution is 2.36. The summed E-state index contributed by atoms with van der Waals surface area (Å²) < 4.78 is 11.0. The van der Waals surface area contributed by atoms with E-state index in [1.165, 1.54) is 4.57 Å². The molecule has 6 heteroatoms. The Morgan fingerprint density at radius 3 is 1.88 bits per heavy atom. The topological polar surface area (TPSA) is 79.5 Å². The third-order valence-electron chi connectivity index (χ3n) is 5.29. The molecule has 0 radical (unpaired) electrons. The van der Waals surface area contributed by atoms with Gasteiger partial charge in [-0.05, 0) is 23.8 Å². The second-order valence-electron chi connectivity index (χ2n) is 7.20. The third-order valence-corrected chi connectivity index (χ3v) is 5.29. The third kappa shape index (κ3) is 4.06. The number of ether oxygens (including phenoxy) is 2. The van der Waals surface area contributed by atoms with Crippen LogP contribution in [0.25, 0.3) is 38.9 Å². The number of hydrogen-bond donors (Lipinski definition) is 0. The number of nitrogens with zero attached hydrogens (tertiary/aromatic N) is 1. The van der Waals surface area contributed by atoms with Gasteiger partial charge >= 0.3 is 11.9 Å². The quantitative estimate of drug-likeness (QED) is 0.206. The first-order valence-corrected chi connectivity index (χ1v) is 10.2. The zero-order valence-corrected chi connectivity index (χ0v) is 18.1. The minimum Gasteiger partial charge on any atom is -0.863 e. The molecule has 0 amide bonds. The maximum atomic E-state index is 13.0. The SMILES string of the molecule is COC(=O)/C([O-])=C(\C(=O)OC)[n+]1cc2ccccc2c(-c2ccccc2)c1-c1ccccc1. The molecule has 0 atom stereocenters. The standard InChI is InChI=1S/C27H21NO5/c1-32-26(30)24(25(29)27(31)33-2)28-17-20-15-9-10-16-21(20)22(18-11-5-3-6-12-18)23(28)19-13-7-4-8-14-19/h3-17H,1-2H3. The van der Waals surface area contributed by atoms with Gasteiger partial charge in [-0.25, -0.2) is 9.59 Å². The number of methoxy groups -OCH3 is 2. The molecule has 4 aromatic rings. The van der Waals surface area contributed by atoms with E-state index in [4.69, 9.17) is 4.74 Å². The fourth-order valence-electron chi connectivity index (χ4n) is 3.83. The largest absolute Gasteiger partial charge is 0.863 e. The normalized spacial score (nSPS) is 11.6. The Kier molecular flexibility index (Phi) is 6.17. The molecule has 0 bridgehead atoms. The van der Waals surface area contributed by atoms with Crippen LogP contribution in [0.3, 0.4) is 0 Å². The molecule has 3 aromatic carbocycles. The fourth-order valence-corrected chi connectivity index (χ4v) is 3.83. The molecular formula is C27H21NO5. The summed E-state index contributed by atoms with van der Waals surface area (Å²) in [5.74, 6) is -3.20. The van der Waals surface area contributed by atoms with Crippen molar-refractivity contribution < 1.29 is 28.7 Å². The number of benzene rings is 3. The summed E-state index contributed by atoms with van der Waals surface area (Å²) in [6.07, 6.45) is 1.66. The van der Waals surface area contributed by atoms with Crippen molar-refractivity contribution in [2.45, 2.75) is 0 Å². The van der Waals surface area contributed by atoms with Gasteiger partial charge in [-0.15, -0.1) is 0 Å². The van der Waals surface area contributed by atoms with Gasteiger partial charge in [0.15, 0.2) is 6.20 Å². The molecule has 0 unspecified atom stereocenters. The van der Waals surface area contributed by atoms with E-state index in [-0.39, 0.29) is 0 Å². The monoisotopic (exact) mass is 439 g/mol. The molecule has 33 heavy (non-hydrogen) atoms. The summed E-state index contributed by atoms with van der Waals surface area (Å²) in [6, 6.07) is 26.7. The molecule has 164 valence electrons. The van der Waals surface area contributed by atoms with Gasteiger partial charge in [0.1, 0.15) is 0 Å². The number of rotatable bonds is 5. The van der Waals surface area contributed by atoms with Crippen LogP contribution >= 0.6 is 0 Å². The van der Waals surface area contributed by atoms with Gasteiger partial charge < -0.3 is 14.6 Å². The average Bonchev–Trinajstić information content (AvgIpc) is 2.88. The molecule has 4 rings (SSSR count). The number of aromatic nitrogens is 1. The number of esters is 2. The van der Waals surface area contributed by atoms with Crippen LogP contribution in [0.4, 0.5) is 0 Å². The Hall–Kier alpha value is -4.45. The maximum Gasteiger partial charge on any atom is 0.403 e. The van der Waals surface area contributed by atoms with Gasteiger partial charge in [0.25, 0.3) is 5.70 Å². The maximum absolute atomic E-state index is 13.0. The molecule has 0 saturated heterocycles. The fraction of sp³-hybridized carbons (Fsp3) is 0.0741. The van der Waals surface area contributed by atoms with Crippen molar-refractivity contribution in [1.29, 1.82) is 0 Å². The Bertz CT molecular complexity index is 1360. The predicted octanol–water partition coefficient (Wildman–Crippen LogP) is 3.34. The summed E-state index contributed by atoms with van der Waals surface area (Å²) in [4.78, 5) is 25.0. The van der Waals surface area contributed by atoms with Crippen LogP contribution in [0.5, 0.6) is 0 Å². The molecule has 6 nitrogen and oxygen atoms in total. The number of fused-ring (bicyclic) bond motifs is 1. The minimum atomic E-state index is -1.16. The van der Waals surface area contributed by atoms with Crippen molar-refractivity contribution in [3.63, 3.8) is 0 Å². The summed E-state index contributed by atoms with van der Waals surface area (Å²) in [7, 11) is 2.25. The molecular weight excluding hydrogens is 418 g/mol. The van der Waals surface area contributed by atoms with Crippen LogP contribution in [0.2, 0.25) is 0 Å². The summed E-state index contributed by atoms with van der Waals surface area (Å²) in [5.41, 5.74) is 2.56. The first kappa shape index (κ1) is 21.8. The summed E-state index contributed by atoms with van der Waals surface area (Å²) in [6.45, 7) is 0. The molecule has 0 fully saturated rings. The Balaban J connectivity index is 2.24. The van der Waals surface area contributed by atoms with Gasteiger partial charge in [0.2, 0.25) is 5.69 Å². The molecule has 0 N–H and O–H groups in total. The zero-order valence-electron chi connectivity index (χ0n) is 18.1. The molecule has 0 aliphatic carbocycles. The van der Waals surface area contributed by atoms with E-state index in [1.54, 1.807) is 6.20 Å². The molecule has 0 saturated carbocycles. The Labute approximate surface area is 191 Å². The molecule has 1 heterocycles. The zero-order chi connectivity index (χ0) is 23.4. The first-order valence-electron chi connectivity index (χ1n) is 10.2. The van der Waals surface area contributed by atoms with Crippen molar-refractivity contribution >= 4 is 28.4 Å². The first-order chi connectivity index (χ1) is 16.1. The van der Waals surface area contributed by atoms with Crippen molar-refractivity contribution in [1.82, 2.24) is 0 Å². The van der Waals surface area contributed by atoms with Crippen molar-refractivity contribution in [2.24, 2.45) is 0 Å². The van der Waals surface area contributed by atoms with Crippen LogP contribution in [0.15, 0.2) is 96.9 Å². The van der Waals surface area contributed by atoms with Gasteiger partial charge in [0, 0.05) is 16.3 Å². The van der Waals surface area contributed by atoms with Crippen LogP contribution in [-0.2, 0) is 19.1 Å². The number of pyridine rings is 1. The highest BCUT2D eigenvalue weighted by Gasteiger charge is 2.33. The Morgan fingerprint density at radius 2 is 1.27 bits per heavy atom. The minimum absolute atomic E-state index is 0.453. The second kappa shape index (κ2) is 9.36. The smallest absolute Gasteiger partial charge is 0.403 e. The summed E-state index contributed by atoms with van der Waals surface area (Å²) >= 11 is 0. The lowest BCUT2D eigenvalue weighted by Crippen LogP contribution is -2.43. The van der Waals surface area contributed by atoms with Gasteiger partial charge in [0.05, 0.1) is 25.5 Å². The van der Waals surface area contributed by atoms with E-state index in [0.717, 1.165) is 41.7 Å². The van der Waals surface area contributed by atoms with Gasteiger partial charge in [-0.3, -0.25) is 0 Å². The van der Waals surface area contributed by atoms with E-state index >= 15 is 0 Å². The number of carbonyl (C=O) groups excluding carboxylic acids is 2. The van der Waals surface area contributed by atoms with E-state index in [1.807, 2.05) is 84.9 Å². The van der Waals surface area contributed by atoms with Crippen LogP contribution < -0.4 is 9.67 Å². The number of carbonyl (C=O) groups is 2.